The molecule has 0 radical (unpaired) electrons. The summed E-state index contributed by atoms with van der Waals surface area (Å²) in [5.74, 6) is 5.05. The van der Waals surface area contributed by atoms with E-state index < -0.39 is 0 Å². The summed E-state index contributed by atoms with van der Waals surface area (Å²) >= 11 is 0. The summed E-state index contributed by atoms with van der Waals surface area (Å²) in [6.45, 7) is 0.185. The molecule has 0 bridgehead atoms. The average molecular weight is 281 g/mol. The molecule has 0 saturated carbocycles. The number of hydrogen-bond donors (Lipinski definition) is 1. The second-order valence-electron chi connectivity index (χ2n) is 4.38. The van der Waals surface area contributed by atoms with Gasteiger partial charge in [-0.25, -0.2) is 4.98 Å². The molecule has 1 N–H and O–H groups in total. The van der Waals surface area contributed by atoms with E-state index in [0.717, 1.165) is 5.56 Å². The van der Waals surface area contributed by atoms with Gasteiger partial charge in [0.1, 0.15) is 12.3 Å². The van der Waals surface area contributed by atoms with Crippen LogP contribution in [0.2, 0.25) is 0 Å². The van der Waals surface area contributed by atoms with Crippen LogP contribution >= 0.6 is 0 Å². The van der Waals surface area contributed by atoms with Crippen LogP contribution in [0.25, 0.3) is 0 Å². The fourth-order valence-corrected chi connectivity index (χ4v) is 1.83. The molecule has 0 aliphatic rings. The van der Waals surface area contributed by atoms with E-state index in [1.807, 2.05) is 12.1 Å². The topological polar surface area (TPSA) is 66.3 Å². The van der Waals surface area contributed by atoms with E-state index in [9.17, 15) is 4.79 Å². The largest absolute Gasteiger partial charge is 0.384 e. The van der Waals surface area contributed by atoms with Crippen LogP contribution in [-0.2, 0) is 6.54 Å². The minimum absolute atomic E-state index is 0.221. The molecule has 2 rings (SSSR count). The van der Waals surface area contributed by atoms with Gasteiger partial charge in [0.15, 0.2) is 0 Å². The van der Waals surface area contributed by atoms with Gasteiger partial charge < -0.3 is 10.0 Å². The normalized spacial score (nSPS) is 9.62. The van der Waals surface area contributed by atoms with Gasteiger partial charge in [-0.05, 0) is 23.8 Å². The summed E-state index contributed by atoms with van der Waals surface area (Å²) in [6.07, 6.45) is 4.95. The maximum Gasteiger partial charge on any atom is 0.273 e. The molecule has 1 amide bonds. The molecule has 0 aromatic carbocycles. The minimum atomic E-state index is -0.256. The molecule has 2 heterocycles. The lowest BCUT2D eigenvalue weighted by molar-refractivity contribution is 0.0779. The van der Waals surface area contributed by atoms with Gasteiger partial charge in [-0.15, -0.1) is 0 Å². The van der Waals surface area contributed by atoms with E-state index in [2.05, 4.69) is 21.8 Å². The first-order valence-corrected chi connectivity index (χ1v) is 6.41. The standard InChI is InChI=1S/C16H15N3O2/c1-19(12-13-5-2-8-17-11-13)16(21)15-14(7-4-10-20)6-3-9-18-15/h2-3,5-6,8-9,11,20H,10,12H2,1H3. The van der Waals surface area contributed by atoms with Crippen LogP contribution in [0.3, 0.4) is 0 Å². The highest BCUT2D eigenvalue weighted by Gasteiger charge is 2.16. The quantitative estimate of drug-likeness (QED) is 0.855. The molecule has 106 valence electrons. The minimum Gasteiger partial charge on any atom is -0.384 e. The third kappa shape index (κ3) is 3.88. The van der Waals surface area contributed by atoms with Gasteiger partial charge in [0, 0.05) is 32.2 Å². The lowest BCUT2D eigenvalue weighted by atomic mass is 10.1. The van der Waals surface area contributed by atoms with Crippen molar-refractivity contribution in [2.24, 2.45) is 0 Å². The van der Waals surface area contributed by atoms with Crippen LogP contribution < -0.4 is 0 Å². The molecular weight excluding hydrogens is 266 g/mol. The molecule has 5 heteroatoms. The monoisotopic (exact) mass is 281 g/mol. The van der Waals surface area contributed by atoms with Crippen molar-refractivity contribution < 1.29 is 9.90 Å². The van der Waals surface area contributed by atoms with Crippen LogP contribution in [0.5, 0.6) is 0 Å². The molecule has 2 aromatic heterocycles. The SMILES string of the molecule is CN(Cc1cccnc1)C(=O)c1ncccc1C#CCO. The molecule has 0 saturated heterocycles. The van der Waals surface area contributed by atoms with Crippen molar-refractivity contribution in [3.8, 4) is 11.8 Å². The number of rotatable bonds is 3. The Morgan fingerprint density at radius 1 is 1.33 bits per heavy atom. The first-order chi connectivity index (χ1) is 10.2. The first kappa shape index (κ1) is 14.7. The fraction of sp³-hybridized carbons (Fsp3) is 0.188. The van der Waals surface area contributed by atoms with Crippen LogP contribution in [0.1, 0.15) is 21.6 Å². The van der Waals surface area contributed by atoms with Crippen LogP contribution in [0.15, 0.2) is 42.9 Å². The summed E-state index contributed by atoms with van der Waals surface area (Å²) in [7, 11) is 1.70. The Kier molecular flexibility index (Phi) is 5.02. The number of amides is 1. The zero-order chi connectivity index (χ0) is 15.1. The molecule has 0 aliphatic heterocycles. The molecule has 2 aromatic rings. The first-order valence-electron chi connectivity index (χ1n) is 6.41. The van der Waals surface area contributed by atoms with Crippen molar-refractivity contribution in [3.63, 3.8) is 0 Å². The Balaban J connectivity index is 2.20. The highest BCUT2D eigenvalue weighted by Crippen LogP contribution is 2.09. The molecule has 21 heavy (non-hydrogen) atoms. The number of pyridine rings is 2. The number of aliphatic hydroxyl groups is 1. The van der Waals surface area contributed by atoms with Gasteiger partial charge in [0.2, 0.25) is 0 Å². The van der Waals surface area contributed by atoms with E-state index >= 15 is 0 Å². The summed E-state index contributed by atoms with van der Waals surface area (Å²) < 4.78 is 0. The lowest BCUT2D eigenvalue weighted by Gasteiger charge is -2.17. The number of carbonyl (C=O) groups is 1. The fourth-order valence-electron chi connectivity index (χ4n) is 1.83. The molecule has 0 unspecified atom stereocenters. The van der Waals surface area contributed by atoms with E-state index in [4.69, 9.17) is 5.11 Å². The molecule has 0 aliphatic carbocycles. The maximum absolute atomic E-state index is 12.4. The predicted molar refractivity (Wildman–Crippen MR) is 78.2 cm³/mol. The maximum atomic E-state index is 12.4. The van der Waals surface area contributed by atoms with Crippen molar-refractivity contribution in [1.29, 1.82) is 0 Å². The van der Waals surface area contributed by atoms with Crippen molar-refractivity contribution in [3.05, 3.63) is 59.7 Å². The Bertz CT molecular complexity index is 675. The molecule has 0 spiro atoms. The average Bonchev–Trinajstić information content (AvgIpc) is 2.53. The summed E-state index contributed by atoms with van der Waals surface area (Å²) in [6, 6.07) is 7.15. The third-order valence-electron chi connectivity index (χ3n) is 2.80. The molecule has 5 nitrogen and oxygen atoms in total. The van der Waals surface area contributed by atoms with Crippen molar-refractivity contribution in [2.45, 2.75) is 6.54 Å². The van der Waals surface area contributed by atoms with E-state index in [0.29, 0.717) is 12.1 Å². The molecular formula is C16H15N3O2. The summed E-state index contributed by atoms with van der Waals surface area (Å²) in [4.78, 5) is 22.1. The van der Waals surface area contributed by atoms with Crippen LogP contribution in [0.4, 0.5) is 0 Å². The van der Waals surface area contributed by atoms with E-state index in [-0.39, 0.29) is 18.2 Å². The van der Waals surface area contributed by atoms with Crippen LogP contribution in [0, 0.1) is 11.8 Å². The molecule has 0 fully saturated rings. The Labute approximate surface area is 123 Å². The number of aromatic nitrogens is 2. The number of carbonyl (C=O) groups excluding carboxylic acids is 1. The van der Waals surface area contributed by atoms with Crippen molar-refractivity contribution in [2.75, 3.05) is 13.7 Å². The number of nitrogens with zero attached hydrogens (tertiary/aromatic N) is 3. The second kappa shape index (κ2) is 7.17. The Morgan fingerprint density at radius 2 is 2.14 bits per heavy atom. The second-order valence-corrected chi connectivity index (χ2v) is 4.38. The van der Waals surface area contributed by atoms with Gasteiger partial charge in [-0.3, -0.25) is 9.78 Å². The highest BCUT2D eigenvalue weighted by molar-refractivity contribution is 5.94. The molecule has 0 atom stereocenters. The number of aliphatic hydroxyl groups excluding tert-OH is 1. The Morgan fingerprint density at radius 3 is 2.86 bits per heavy atom. The smallest absolute Gasteiger partial charge is 0.273 e. The van der Waals surface area contributed by atoms with E-state index in [1.165, 1.54) is 0 Å². The van der Waals surface area contributed by atoms with E-state index in [1.54, 1.807) is 42.7 Å². The van der Waals surface area contributed by atoms with Gasteiger partial charge >= 0.3 is 0 Å². The summed E-state index contributed by atoms with van der Waals surface area (Å²) in [5.41, 5.74) is 1.73. The van der Waals surface area contributed by atoms with Gasteiger partial charge in [-0.2, -0.15) is 0 Å². The predicted octanol–water partition coefficient (Wildman–Crippen LogP) is 1.09. The number of hydrogen-bond acceptors (Lipinski definition) is 4. The third-order valence-corrected chi connectivity index (χ3v) is 2.80. The summed E-state index contributed by atoms with van der Waals surface area (Å²) in [5, 5.41) is 8.76. The van der Waals surface area contributed by atoms with Gasteiger partial charge in [-0.1, -0.05) is 17.9 Å². The zero-order valence-electron chi connectivity index (χ0n) is 11.7. The van der Waals surface area contributed by atoms with Crippen LogP contribution in [-0.4, -0.2) is 39.5 Å². The highest BCUT2D eigenvalue weighted by atomic mass is 16.2. The van der Waals surface area contributed by atoms with Crippen molar-refractivity contribution >= 4 is 5.91 Å². The lowest BCUT2D eigenvalue weighted by Crippen LogP contribution is -2.27. The zero-order valence-corrected chi connectivity index (χ0v) is 11.7. The van der Waals surface area contributed by atoms with Gasteiger partial charge in [0.25, 0.3) is 5.91 Å². The Hall–Kier alpha value is -2.71. The van der Waals surface area contributed by atoms with Gasteiger partial charge in [0.05, 0.1) is 5.56 Å². The van der Waals surface area contributed by atoms with Crippen molar-refractivity contribution in [1.82, 2.24) is 14.9 Å².